The van der Waals surface area contributed by atoms with Gasteiger partial charge in [-0.1, -0.05) is 12.1 Å². The molecular formula is C25H19N2O7S. The van der Waals surface area contributed by atoms with Gasteiger partial charge in [-0.2, -0.15) is 0 Å². The number of amides is 1. The zero-order valence-corrected chi connectivity index (χ0v) is 18.9. The van der Waals surface area contributed by atoms with Crippen LogP contribution in [0.4, 0.5) is 5.69 Å². The van der Waals surface area contributed by atoms with E-state index in [1.165, 1.54) is 36.0 Å². The fraction of sp³-hybridized carbons (Fsp3) is 0.160. The molecule has 1 atom stereocenters. The minimum absolute atomic E-state index is 0.0251. The summed E-state index contributed by atoms with van der Waals surface area (Å²) in [5.41, 5.74) is 5.99. The zero-order chi connectivity index (χ0) is 24.7. The normalized spacial score (nSPS) is 15.3. The summed E-state index contributed by atoms with van der Waals surface area (Å²) >= 11 is 1.17. The van der Waals surface area contributed by atoms with Gasteiger partial charge in [0.25, 0.3) is 0 Å². The summed E-state index contributed by atoms with van der Waals surface area (Å²) in [5.74, 6) is -0.329. The van der Waals surface area contributed by atoms with Gasteiger partial charge in [0.1, 0.15) is 23.0 Å². The lowest BCUT2D eigenvalue weighted by Crippen LogP contribution is -2.32. The third-order valence-corrected chi connectivity index (χ3v) is 6.82. The smallest absolute Gasteiger partial charge is 0.342 e. The molecule has 0 aromatic heterocycles. The van der Waals surface area contributed by atoms with Crippen LogP contribution in [0, 0.1) is 0 Å². The van der Waals surface area contributed by atoms with E-state index in [1.807, 2.05) is 0 Å². The number of hydrogen-bond acceptors (Lipinski definition) is 9. The zero-order valence-electron chi connectivity index (χ0n) is 18.1. The molecule has 0 saturated carbocycles. The number of rotatable bonds is 6. The molecule has 2 heterocycles. The Balaban J connectivity index is 1.59. The highest BCUT2D eigenvalue weighted by Gasteiger charge is 2.54. The summed E-state index contributed by atoms with van der Waals surface area (Å²) in [6.07, 6.45) is 1.66. The lowest BCUT2D eigenvalue weighted by Gasteiger charge is -2.36. The molecule has 2 aliphatic heterocycles. The summed E-state index contributed by atoms with van der Waals surface area (Å²) in [4.78, 5) is 36.3. The highest BCUT2D eigenvalue weighted by molar-refractivity contribution is 8.00. The summed E-state index contributed by atoms with van der Waals surface area (Å²) < 4.78 is 12.0. The Bertz CT molecular complexity index is 1320. The number of carbonyl (C=O) groups excluding carboxylic acids is 3. The molecule has 0 fully saturated rings. The van der Waals surface area contributed by atoms with E-state index in [1.54, 1.807) is 36.6 Å². The van der Waals surface area contributed by atoms with Crippen LogP contribution in [-0.4, -0.2) is 45.9 Å². The number of anilines is 1. The fourth-order valence-corrected chi connectivity index (χ4v) is 5.05. The topological polar surface area (TPSA) is 148 Å². The van der Waals surface area contributed by atoms with Crippen molar-refractivity contribution in [2.24, 2.45) is 5.73 Å². The molecule has 177 valence electrons. The molecule has 1 radical (unpaired) electrons. The first-order chi connectivity index (χ1) is 16.8. The number of fused-ring (bicyclic) bond motifs is 6. The Hall–Kier alpha value is -4.02. The van der Waals surface area contributed by atoms with Crippen LogP contribution in [0.15, 0.2) is 54.6 Å². The summed E-state index contributed by atoms with van der Waals surface area (Å²) in [7, 11) is 0. The van der Waals surface area contributed by atoms with Gasteiger partial charge in [0, 0.05) is 34.6 Å². The van der Waals surface area contributed by atoms with Crippen molar-refractivity contribution in [2.45, 2.75) is 11.6 Å². The van der Waals surface area contributed by atoms with E-state index in [0.29, 0.717) is 16.7 Å². The quantitative estimate of drug-likeness (QED) is 0.382. The second kappa shape index (κ2) is 8.64. The Morgan fingerprint density at radius 2 is 1.71 bits per heavy atom. The van der Waals surface area contributed by atoms with E-state index in [-0.39, 0.29) is 51.7 Å². The number of benzene rings is 3. The standard InChI is InChI=1S/C25H19N2O7S/c26-13(10-28)11-35-12-22(31)27-19-3-1-2-18-23(19)24(32)34-25(18)16-6-4-14(29)8-20(16)33-21-9-15(30)5-7-17(21)25/h1-9,13,29-30H,11-12,26H2,(H,27,31)/t13-/m1/s1. The average molecular weight is 492 g/mol. The van der Waals surface area contributed by atoms with Crippen LogP contribution in [0.25, 0.3) is 0 Å². The Labute approximate surface area is 203 Å². The first-order valence-electron chi connectivity index (χ1n) is 10.6. The van der Waals surface area contributed by atoms with Crippen molar-refractivity contribution < 1.29 is 34.1 Å². The van der Waals surface area contributed by atoms with E-state index in [9.17, 15) is 24.6 Å². The first-order valence-corrected chi connectivity index (χ1v) is 11.7. The van der Waals surface area contributed by atoms with Crippen molar-refractivity contribution in [1.82, 2.24) is 0 Å². The largest absolute Gasteiger partial charge is 0.508 e. The van der Waals surface area contributed by atoms with Crippen LogP contribution in [0.2, 0.25) is 0 Å². The summed E-state index contributed by atoms with van der Waals surface area (Å²) in [6.45, 7) is 0. The van der Waals surface area contributed by atoms with Crippen LogP contribution in [-0.2, 0) is 19.9 Å². The third kappa shape index (κ3) is 3.76. The van der Waals surface area contributed by atoms with Gasteiger partial charge >= 0.3 is 5.97 Å². The highest BCUT2D eigenvalue weighted by atomic mass is 32.2. The monoisotopic (exact) mass is 491 g/mol. The molecule has 0 unspecified atom stereocenters. The van der Waals surface area contributed by atoms with Gasteiger partial charge in [0.05, 0.1) is 23.0 Å². The molecule has 35 heavy (non-hydrogen) atoms. The van der Waals surface area contributed by atoms with E-state index in [2.05, 4.69) is 5.32 Å². The highest BCUT2D eigenvalue weighted by Crippen LogP contribution is 2.57. The molecule has 0 aliphatic carbocycles. The van der Waals surface area contributed by atoms with Crippen LogP contribution < -0.4 is 15.8 Å². The summed E-state index contributed by atoms with van der Waals surface area (Å²) in [6, 6.07) is 13.2. The van der Waals surface area contributed by atoms with Crippen molar-refractivity contribution >= 4 is 35.6 Å². The van der Waals surface area contributed by atoms with Crippen LogP contribution in [0.5, 0.6) is 23.0 Å². The fourth-order valence-electron chi connectivity index (χ4n) is 4.35. The van der Waals surface area contributed by atoms with Gasteiger partial charge in [-0.3, -0.25) is 9.59 Å². The molecule has 3 aromatic rings. The molecule has 1 amide bonds. The molecule has 10 heteroatoms. The molecule has 0 bridgehead atoms. The SMILES string of the molecule is N[C@H]([C]=O)CSCC(=O)Nc1cccc2c1C(=O)OC21c2ccc(O)cc2Oc2cc(O)ccc21. The Kier molecular flexibility index (Phi) is 5.62. The second-order valence-corrected chi connectivity index (χ2v) is 9.08. The van der Waals surface area contributed by atoms with E-state index in [4.69, 9.17) is 15.2 Å². The molecule has 2 aliphatic rings. The number of carbonyl (C=O) groups is 2. The third-order valence-electron chi connectivity index (χ3n) is 5.76. The lowest BCUT2D eigenvalue weighted by molar-refractivity contribution is -0.113. The predicted molar refractivity (Wildman–Crippen MR) is 128 cm³/mol. The van der Waals surface area contributed by atoms with Crippen molar-refractivity contribution in [3.63, 3.8) is 0 Å². The molecule has 5 rings (SSSR count). The first kappa shape index (κ1) is 22.8. The maximum atomic E-state index is 13.3. The predicted octanol–water partition coefficient (Wildman–Crippen LogP) is 2.77. The number of nitrogens with one attached hydrogen (secondary N) is 1. The molecule has 9 nitrogen and oxygen atoms in total. The Morgan fingerprint density at radius 3 is 2.34 bits per heavy atom. The van der Waals surface area contributed by atoms with Gasteiger partial charge in [-0.05, 0) is 30.3 Å². The van der Waals surface area contributed by atoms with Gasteiger partial charge in [0.2, 0.25) is 12.2 Å². The van der Waals surface area contributed by atoms with Crippen molar-refractivity contribution in [1.29, 1.82) is 0 Å². The Morgan fingerprint density at radius 1 is 1.06 bits per heavy atom. The van der Waals surface area contributed by atoms with Gasteiger partial charge in [-0.15, -0.1) is 11.8 Å². The number of aromatic hydroxyl groups is 2. The van der Waals surface area contributed by atoms with Gasteiger partial charge in [-0.25, -0.2) is 4.79 Å². The van der Waals surface area contributed by atoms with E-state index < -0.39 is 17.6 Å². The van der Waals surface area contributed by atoms with Crippen molar-refractivity contribution in [3.05, 3.63) is 76.9 Å². The van der Waals surface area contributed by atoms with Gasteiger partial charge < -0.3 is 30.7 Å². The average Bonchev–Trinajstić information content (AvgIpc) is 3.12. The van der Waals surface area contributed by atoms with Crippen LogP contribution in [0.3, 0.4) is 0 Å². The van der Waals surface area contributed by atoms with Crippen LogP contribution in [0.1, 0.15) is 27.0 Å². The lowest BCUT2D eigenvalue weighted by atomic mass is 9.77. The van der Waals surface area contributed by atoms with Gasteiger partial charge in [0.15, 0.2) is 5.60 Å². The minimum atomic E-state index is -1.42. The molecule has 0 saturated heterocycles. The number of ether oxygens (including phenoxy) is 2. The number of thioether (sulfide) groups is 1. The maximum absolute atomic E-state index is 13.3. The maximum Gasteiger partial charge on any atom is 0.342 e. The number of phenolic OH excluding ortho intramolecular Hbond substituents is 2. The molecule has 3 aromatic carbocycles. The van der Waals surface area contributed by atoms with Crippen molar-refractivity contribution in [2.75, 3.05) is 16.8 Å². The molecular weight excluding hydrogens is 472 g/mol. The second-order valence-electron chi connectivity index (χ2n) is 8.05. The van der Waals surface area contributed by atoms with Crippen LogP contribution >= 0.6 is 11.8 Å². The minimum Gasteiger partial charge on any atom is -0.508 e. The van der Waals surface area contributed by atoms with E-state index in [0.717, 1.165) is 0 Å². The number of hydrogen-bond donors (Lipinski definition) is 4. The van der Waals surface area contributed by atoms with E-state index >= 15 is 0 Å². The number of esters is 1. The number of nitrogens with two attached hydrogens (primary N) is 1. The summed E-state index contributed by atoms with van der Waals surface area (Å²) in [5, 5.41) is 22.8. The number of phenols is 2. The molecule has 1 spiro atoms. The molecule has 5 N–H and O–H groups in total. The van der Waals surface area contributed by atoms with Crippen molar-refractivity contribution in [3.8, 4) is 23.0 Å².